The molecule has 24 heavy (non-hydrogen) atoms. The van der Waals surface area contributed by atoms with Crippen molar-refractivity contribution in [1.82, 2.24) is 0 Å². The van der Waals surface area contributed by atoms with Crippen LogP contribution in [-0.4, -0.2) is 17.6 Å². The summed E-state index contributed by atoms with van der Waals surface area (Å²) in [6, 6.07) is 14.1. The van der Waals surface area contributed by atoms with Gasteiger partial charge in [0.1, 0.15) is 5.75 Å². The lowest BCUT2D eigenvalue weighted by Gasteiger charge is -2.20. The molecule has 0 saturated carbocycles. The van der Waals surface area contributed by atoms with Crippen molar-refractivity contribution in [3.8, 4) is 11.8 Å². The van der Waals surface area contributed by atoms with E-state index < -0.39 is 0 Å². The van der Waals surface area contributed by atoms with E-state index in [1.54, 1.807) is 36.4 Å². The lowest BCUT2D eigenvalue weighted by Crippen LogP contribution is -2.22. The Morgan fingerprint density at radius 1 is 1.17 bits per heavy atom. The first-order chi connectivity index (χ1) is 11.3. The Kier molecular flexibility index (Phi) is 5.10. The minimum absolute atomic E-state index is 0.0368. The lowest BCUT2D eigenvalue weighted by atomic mass is 9.87. The van der Waals surface area contributed by atoms with Crippen molar-refractivity contribution in [1.29, 1.82) is 5.26 Å². The molecular formula is C19H21N3O2. The van der Waals surface area contributed by atoms with Gasteiger partial charge in [0.2, 0.25) is 5.91 Å². The fraction of sp³-hybridized carbons (Fsp3) is 0.263. The molecule has 0 radical (unpaired) electrons. The highest BCUT2D eigenvalue weighted by Crippen LogP contribution is 2.30. The average molecular weight is 323 g/mol. The van der Waals surface area contributed by atoms with Crippen LogP contribution in [0, 0.1) is 11.3 Å². The van der Waals surface area contributed by atoms with E-state index in [0.29, 0.717) is 11.3 Å². The third-order valence-corrected chi connectivity index (χ3v) is 3.60. The monoisotopic (exact) mass is 323 g/mol. The van der Waals surface area contributed by atoms with Gasteiger partial charge in [0.15, 0.2) is 0 Å². The van der Waals surface area contributed by atoms with Gasteiger partial charge in [-0.1, -0.05) is 26.8 Å². The number of anilines is 2. The topological polar surface area (TPSA) is 85.2 Å². The standard InChI is InChI=1S/C19H21N3O2/c1-19(2,3)14-6-9-17(23)16(10-14)22-18(24)12-21-15-7-4-13(11-20)5-8-15/h4-10,21,23H,12H2,1-3H3,(H,22,24). The second kappa shape index (κ2) is 7.05. The van der Waals surface area contributed by atoms with Crippen LogP contribution in [0.3, 0.4) is 0 Å². The number of carbonyl (C=O) groups is 1. The molecule has 124 valence electrons. The molecule has 0 fully saturated rings. The number of aromatic hydroxyl groups is 1. The summed E-state index contributed by atoms with van der Waals surface area (Å²) in [5.74, 6) is -0.226. The first-order valence-corrected chi connectivity index (χ1v) is 7.67. The van der Waals surface area contributed by atoms with Crippen molar-refractivity contribution < 1.29 is 9.90 Å². The number of phenols is 1. The van der Waals surface area contributed by atoms with E-state index in [1.807, 2.05) is 12.1 Å². The van der Waals surface area contributed by atoms with Gasteiger partial charge in [-0.3, -0.25) is 4.79 Å². The molecule has 5 nitrogen and oxygen atoms in total. The molecule has 0 aliphatic rings. The first kappa shape index (κ1) is 17.4. The zero-order chi connectivity index (χ0) is 17.7. The van der Waals surface area contributed by atoms with Crippen LogP contribution in [0.4, 0.5) is 11.4 Å². The maximum absolute atomic E-state index is 12.1. The lowest BCUT2D eigenvalue weighted by molar-refractivity contribution is -0.114. The SMILES string of the molecule is CC(C)(C)c1ccc(O)c(NC(=O)CNc2ccc(C#N)cc2)c1. The van der Waals surface area contributed by atoms with Crippen molar-refractivity contribution in [3.05, 3.63) is 53.6 Å². The van der Waals surface area contributed by atoms with Crippen LogP contribution in [0.25, 0.3) is 0 Å². The zero-order valence-corrected chi connectivity index (χ0v) is 14.1. The van der Waals surface area contributed by atoms with Gasteiger partial charge < -0.3 is 15.7 Å². The third kappa shape index (κ3) is 4.50. The summed E-state index contributed by atoms with van der Waals surface area (Å²) in [7, 11) is 0. The summed E-state index contributed by atoms with van der Waals surface area (Å²) in [5.41, 5.74) is 2.66. The summed E-state index contributed by atoms with van der Waals surface area (Å²) in [6.45, 7) is 6.26. The fourth-order valence-electron chi connectivity index (χ4n) is 2.14. The molecule has 0 atom stereocenters. The number of amides is 1. The first-order valence-electron chi connectivity index (χ1n) is 7.67. The molecule has 5 heteroatoms. The van der Waals surface area contributed by atoms with E-state index in [-0.39, 0.29) is 23.6 Å². The second-order valence-electron chi connectivity index (χ2n) is 6.57. The summed E-state index contributed by atoms with van der Waals surface area (Å²) < 4.78 is 0. The predicted molar refractivity (Wildman–Crippen MR) is 95.1 cm³/mol. The van der Waals surface area contributed by atoms with Gasteiger partial charge in [-0.2, -0.15) is 5.26 Å². The van der Waals surface area contributed by atoms with Crippen LogP contribution in [0.5, 0.6) is 5.75 Å². The van der Waals surface area contributed by atoms with E-state index in [1.165, 1.54) is 0 Å². The summed E-state index contributed by atoms with van der Waals surface area (Å²) in [4.78, 5) is 12.1. The second-order valence-corrected chi connectivity index (χ2v) is 6.57. The maximum atomic E-state index is 12.1. The summed E-state index contributed by atoms with van der Waals surface area (Å²) in [6.07, 6.45) is 0. The van der Waals surface area contributed by atoms with Crippen LogP contribution in [0.1, 0.15) is 31.9 Å². The van der Waals surface area contributed by atoms with E-state index in [2.05, 4.69) is 31.4 Å². The van der Waals surface area contributed by atoms with Crippen molar-refractivity contribution in [2.24, 2.45) is 0 Å². The molecule has 0 unspecified atom stereocenters. The number of phenolic OH excluding ortho intramolecular Hbond substituents is 1. The van der Waals surface area contributed by atoms with E-state index in [4.69, 9.17) is 5.26 Å². The highest BCUT2D eigenvalue weighted by atomic mass is 16.3. The predicted octanol–water partition coefficient (Wildman–Crippen LogP) is 3.61. The number of benzene rings is 2. The Bertz CT molecular complexity index is 769. The molecular weight excluding hydrogens is 302 g/mol. The van der Waals surface area contributed by atoms with Crippen molar-refractivity contribution >= 4 is 17.3 Å². The Morgan fingerprint density at radius 2 is 1.83 bits per heavy atom. The molecule has 0 aliphatic heterocycles. The van der Waals surface area contributed by atoms with E-state index >= 15 is 0 Å². The van der Waals surface area contributed by atoms with Crippen molar-refractivity contribution in [2.45, 2.75) is 26.2 Å². The Hall–Kier alpha value is -3.00. The van der Waals surface area contributed by atoms with Gasteiger partial charge in [-0.25, -0.2) is 0 Å². The smallest absolute Gasteiger partial charge is 0.243 e. The number of nitrogens with zero attached hydrogens (tertiary/aromatic N) is 1. The van der Waals surface area contributed by atoms with E-state index in [0.717, 1.165) is 11.3 Å². The summed E-state index contributed by atoms with van der Waals surface area (Å²) in [5, 5.41) is 24.4. The van der Waals surface area contributed by atoms with Crippen LogP contribution < -0.4 is 10.6 Å². The molecule has 2 aromatic carbocycles. The van der Waals surface area contributed by atoms with Gasteiger partial charge in [-0.15, -0.1) is 0 Å². The minimum Gasteiger partial charge on any atom is -0.506 e. The minimum atomic E-state index is -0.263. The number of rotatable bonds is 4. The number of hydrogen-bond donors (Lipinski definition) is 3. The highest BCUT2D eigenvalue weighted by molar-refractivity contribution is 5.95. The molecule has 3 N–H and O–H groups in total. The fourth-order valence-corrected chi connectivity index (χ4v) is 2.14. The molecule has 0 aliphatic carbocycles. The largest absolute Gasteiger partial charge is 0.506 e. The number of nitrogens with one attached hydrogen (secondary N) is 2. The van der Waals surface area contributed by atoms with Gasteiger partial charge in [-0.05, 0) is 47.4 Å². The average Bonchev–Trinajstić information content (AvgIpc) is 2.54. The zero-order valence-electron chi connectivity index (χ0n) is 14.1. The van der Waals surface area contributed by atoms with Crippen LogP contribution >= 0.6 is 0 Å². The molecule has 0 spiro atoms. The Morgan fingerprint density at radius 3 is 2.42 bits per heavy atom. The molecule has 1 amide bonds. The number of hydrogen-bond acceptors (Lipinski definition) is 4. The van der Waals surface area contributed by atoms with E-state index in [9.17, 15) is 9.90 Å². The Balaban J connectivity index is 2.00. The molecule has 0 bridgehead atoms. The number of nitriles is 1. The highest BCUT2D eigenvalue weighted by Gasteiger charge is 2.16. The van der Waals surface area contributed by atoms with Gasteiger partial charge >= 0.3 is 0 Å². The van der Waals surface area contributed by atoms with Crippen molar-refractivity contribution in [2.75, 3.05) is 17.2 Å². The molecule has 2 rings (SSSR count). The maximum Gasteiger partial charge on any atom is 0.243 e. The van der Waals surface area contributed by atoms with Crippen LogP contribution in [0.2, 0.25) is 0 Å². The van der Waals surface area contributed by atoms with Gasteiger partial charge in [0, 0.05) is 5.69 Å². The van der Waals surface area contributed by atoms with Crippen molar-refractivity contribution in [3.63, 3.8) is 0 Å². The van der Waals surface area contributed by atoms with Crippen LogP contribution in [-0.2, 0) is 10.2 Å². The van der Waals surface area contributed by atoms with Crippen LogP contribution in [0.15, 0.2) is 42.5 Å². The molecule has 0 aromatic heterocycles. The quantitative estimate of drug-likeness (QED) is 0.750. The summed E-state index contributed by atoms with van der Waals surface area (Å²) >= 11 is 0. The third-order valence-electron chi connectivity index (χ3n) is 3.60. The van der Waals surface area contributed by atoms with Gasteiger partial charge in [0.05, 0.1) is 23.9 Å². The van der Waals surface area contributed by atoms with Gasteiger partial charge in [0.25, 0.3) is 0 Å². The molecule has 0 heterocycles. The Labute approximate surface area is 141 Å². The normalized spacial score (nSPS) is 10.8. The number of carbonyl (C=O) groups excluding carboxylic acids is 1. The molecule has 2 aromatic rings. The molecule has 0 saturated heterocycles.